The van der Waals surface area contributed by atoms with Crippen LogP contribution in [0.1, 0.15) is 70.4 Å². The average molecular weight is 545 g/mol. The van der Waals surface area contributed by atoms with Crippen molar-refractivity contribution in [3.63, 3.8) is 0 Å². The number of imide groups is 1. The molecule has 208 valence electrons. The van der Waals surface area contributed by atoms with Gasteiger partial charge >= 0.3 is 0 Å². The van der Waals surface area contributed by atoms with Gasteiger partial charge in [-0.25, -0.2) is 4.39 Å². The highest BCUT2D eigenvalue weighted by atomic mass is 19.1. The highest BCUT2D eigenvalue weighted by molar-refractivity contribution is 6.06. The van der Waals surface area contributed by atoms with E-state index in [1.165, 1.54) is 34.6 Å². The van der Waals surface area contributed by atoms with Gasteiger partial charge in [-0.15, -0.1) is 0 Å². The molecule has 3 aliphatic heterocycles. The van der Waals surface area contributed by atoms with Gasteiger partial charge in [-0.05, 0) is 79.1 Å². The predicted molar refractivity (Wildman–Crippen MR) is 147 cm³/mol. The van der Waals surface area contributed by atoms with Crippen LogP contribution >= 0.6 is 0 Å². The normalized spacial score (nSPS) is 22.0. The molecular formula is C31H33FN4O4. The van der Waals surface area contributed by atoms with Crippen LogP contribution in [0.4, 0.5) is 4.39 Å². The van der Waals surface area contributed by atoms with Gasteiger partial charge in [-0.1, -0.05) is 17.7 Å². The third-order valence-corrected chi connectivity index (χ3v) is 8.62. The molecule has 3 heterocycles. The summed E-state index contributed by atoms with van der Waals surface area (Å²) in [4.78, 5) is 55.9. The van der Waals surface area contributed by atoms with E-state index in [4.69, 9.17) is 0 Å². The molecule has 40 heavy (non-hydrogen) atoms. The minimum absolute atomic E-state index is 0.0572. The molecule has 4 aliphatic rings. The lowest BCUT2D eigenvalue weighted by Gasteiger charge is -2.36. The van der Waals surface area contributed by atoms with E-state index in [9.17, 15) is 23.6 Å². The van der Waals surface area contributed by atoms with Gasteiger partial charge in [0.2, 0.25) is 11.8 Å². The van der Waals surface area contributed by atoms with Crippen LogP contribution in [0.2, 0.25) is 0 Å². The van der Waals surface area contributed by atoms with Crippen molar-refractivity contribution in [3.05, 3.63) is 76.1 Å². The lowest BCUT2D eigenvalue weighted by Crippen LogP contribution is -2.52. The molecule has 0 aromatic heterocycles. The fourth-order valence-corrected chi connectivity index (χ4v) is 6.41. The van der Waals surface area contributed by atoms with Crippen molar-refractivity contribution >= 4 is 29.2 Å². The molecule has 8 nitrogen and oxygen atoms in total. The van der Waals surface area contributed by atoms with Gasteiger partial charge in [-0.2, -0.15) is 0 Å². The van der Waals surface area contributed by atoms with E-state index in [1.807, 2.05) is 17.0 Å². The van der Waals surface area contributed by atoms with Crippen molar-refractivity contribution in [1.82, 2.24) is 20.0 Å². The number of hydrogen-bond donors (Lipinski definition) is 1. The minimum atomic E-state index is -0.673. The second-order valence-corrected chi connectivity index (χ2v) is 11.1. The van der Waals surface area contributed by atoms with Crippen LogP contribution in [0.25, 0.3) is 5.57 Å². The molecule has 1 aliphatic carbocycles. The smallest absolute Gasteiger partial charge is 0.255 e. The van der Waals surface area contributed by atoms with Gasteiger partial charge < -0.3 is 9.80 Å². The predicted octanol–water partition coefficient (Wildman–Crippen LogP) is 3.37. The number of halogens is 1. The lowest BCUT2D eigenvalue weighted by atomic mass is 9.87. The molecule has 2 fully saturated rings. The van der Waals surface area contributed by atoms with Crippen molar-refractivity contribution in [3.8, 4) is 0 Å². The second kappa shape index (κ2) is 11.0. The Morgan fingerprint density at radius 3 is 2.42 bits per heavy atom. The molecule has 0 saturated carbocycles. The topological polar surface area (TPSA) is 90.0 Å². The Morgan fingerprint density at radius 2 is 1.68 bits per heavy atom. The van der Waals surface area contributed by atoms with Crippen LogP contribution in [0.15, 0.2) is 48.0 Å². The van der Waals surface area contributed by atoms with Gasteiger partial charge in [-0.3, -0.25) is 29.4 Å². The average Bonchev–Trinajstić information content (AvgIpc) is 3.29. The lowest BCUT2D eigenvalue weighted by molar-refractivity contribution is -0.136. The number of piperazine rings is 1. The Kier molecular flexibility index (Phi) is 7.23. The SMILES string of the molecule is O=C1CCC(N2Cc3cc(C(=O)N4CCN(CC5=C(c6ccc(F)cc6)CCCC5)CC4)ccc3C2=O)C(=O)N1. The Bertz CT molecular complexity index is 1390. The number of nitrogens with zero attached hydrogens (tertiary/aromatic N) is 3. The van der Waals surface area contributed by atoms with Gasteiger partial charge in [0.1, 0.15) is 11.9 Å². The minimum Gasteiger partial charge on any atom is -0.336 e. The summed E-state index contributed by atoms with van der Waals surface area (Å²) in [5.41, 5.74) is 5.64. The van der Waals surface area contributed by atoms with E-state index < -0.39 is 11.9 Å². The van der Waals surface area contributed by atoms with Gasteiger partial charge in [0.05, 0.1) is 0 Å². The summed E-state index contributed by atoms with van der Waals surface area (Å²) in [7, 11) is 0. The quantitative estimate of drug-likeness (QED) is 0.583. The second-order valence-electron chi connectivity index (χ2n) is 11.1. The number of hydrogen-bond acceptors (Lipinski definition) is 5. The highest BCUT2D eigenvalue weighted by Crippen LogP contribution is 2.33. The van der Waals surface area contributed by atoms with Crippen molar-refractivity contribution in [2.75, 3.05) is 32.7 Å². The Hall–Kier alpha value is -3.85. The number of carbonyl (C=O) groups is 4. The number of piperidine rings is 1. The number of amides is 4. The summed E-state index contributed by atoms with van der Waals surface area (Å²) in [5.74, 6) is -1.28. The van der Waals surface area contributed by atoms with E-state index in [2.05, 4.69) is 10.2 Å². The number of rotatable bonds is 5. The van der Waals surface area contributed by atoms with Crippen LogP contribution in [0.5, 0.6) is 0 Å². The van der Waals surface area contributed by atoms with Gasteiger partial charge in [0.15, 0.2) is 0 Å². The first kappa shape index (κ1) is 26.4. The maximum atomic E-state index is 13.5. The number of allylic oxidation sites excluding steroid dienone is 1. The maximum absolute atomic E-state index is 13.5. The first-order valence-electron chi connectivity index (χ1n) is 14.1. The fraction of sp³-hybridized carbons (Fsp3) is 0.419. The molecule has 2 saturated heterocycles. The summed E-state index contributed by atoms with van der Waals surface area (Å²) in [6.07, 6.45) is 4.90. The van der Waals surface area contributed by atoms with Crippen LogP contribution in [-0.4, -0.2) is 77.1 Å². The summed E-state index contributed by atoms with van der Waals surface area (Å²) in [6.45, 7) is 3.91. The molecule has 1 N–H and O–H groups in total. The van der Waals surface area contributed by atoms with E-state index in [-0.39, 0.29) is 36.5 Å². The molecule has 0 bridgehead atoms. The van der Waals surface area contributed by atoms with E-state index in [0.717, 1.165) is 50.0 Å². The van der Waals surface area contributed by atoms with Crippen LogP contribution in [0.3, 0.4) is 0 Å². The number of nitrogens with one attached hydrogen (secondary N) is 1. The number of benzene rings is 2. The molecule has 1 unspecified atom stereocenters. The zero-order chi connectivity index (χ0) is 27.8. The Labute approximate surface area is 232 Å². The van der Waals surface area contributed by atoms with Crippen molar-refractivity contribution in [1.29, 1.82) is 0 Å². The molecule has 9 heteroatoms. The Morgan fingerprint density at radius 1 is 0.925 bits per heavy atom. The maximum Gasteiger partial charge on any atom is 0.255 e. The zero-order valence-electron chi connectivity index (χ0n) is 22.5. The third kappa shape index (κ3) is 5.18. The standard InChI is InChI=1S/C31H33FN4O4/c32-24-8-5-20(6-9-24)25-4-2-1-3-22(25)18-34-13-15-35(16-14-34)30(39)21-7-10-26-23(17-21)19-36(31(26)40)27-11-12-28(37)33-29(27)38/h5-10,17,27H,1-4,11-16,18-19H2,(H,33,37,38). The van der Waals surface area contributed by atoms with Crippen LogP contribution in [0, 0.1) is 5.82 Å². The molecule has 0 spiro atoms. The third-order valence-electron chi connectivity index (χ3n) is 8.62. The van der Waals surface area contributed by atoms with Crippen LogP contribution in [-0.2, 0) is 16.1 Å². The summed E-state index contributed by atoms with van der Waals surface area (Å²) >= 11 is 0. The summed E-state index contributed by atoms with van der Waals surface area (Å²) < 4.78 is 13.5. The summed E-state index contributed by atoms with van der Waals surface area (Å²) in [6, 6.07) is 11.3. The van der Waals surface area contributed by atoms with Crippen molar-refractivity contribution < 1.29 is 23.6 Å². The van der Waals surface area contributed by atoms with Crippen molar-refractivity contribution in [2.45, 2.75) is 51.1 Å². The largest absolute Gasteiger partial charge is 0.336 e. The number of fused-ring (bicyclic) bond motifs is 1. The molecule has 4 amide bonds. The molecule has 2 aromatic rings. The number of carbonyl (C=O) groups excluding carboxylic acids is 4. The first-order valence-corrected chi connectivity index (χ1v) is 14.1. The molecule has 6 rings (SSSR count). The fourth-order valence-electron chi connectivity index (χ4n) is 6.41. The molecule has 1 atom stereocenters. The van der Waals surface area contributed by atoms with Crippen LogP contribution < -0.4 is 5.32 Å². The molecule has 0 radical (unpaired) electrons. The van der Waals surface area contributed by atoms with Gasteiger partial charge in [0.25, 0.3) is 11.8 Å². The summed E-state index contributed by atoms with van der Waals surface area (Å²) in [5, 5.41) is 2.32. The van der Waals surface area contributed by atoms with E-state index >= 15 is 0 Å². The highest BCUT2D eigenvalue weighted by Gasteiger charge is 2.39. The first-order chi connectivity index (χ1) is 19.4. The Balaban J connectivity index is 1.08. The molecular weight excluding hydrogens is 511 g/mol. The van der Waals surface area contributed by atoms with Crippen molar-refractivity contribution in [2.24, 2.45) is 0 Å². The zero-order valence-corrected chi connectivity index (χ0v) is 22.5. The van der Waals surface area contributed by atoms with Gasteiger partial charge in [0, 0.05) is 56.8 Å². The van der Waals surface area contributed by atoms with E-state index in [0.29, 0.717) is 30.6 Å². The molecule has 2 aromatic carbocycles. The monoisotopic (exact) mass is 544 g/mol. The van der Waals surface area contributed by atoms with E-state index in [1.54, 1.807) is 18.2 Å².